The van der Waals surface area contributed by atoms with Crippen LogP contribution in [0.4, 0.5) is 0 Å². The van der Waals surface area contributed by atoms with Crippen LogP contribution in [0.1, 0.15) is 43.0 Å². The van der Waals surface area contributed by atoms with E-state index in [9.17, 15) is 0 Å². The third kappa shape index (κ3) is 3.18. The van der Waals surface area contributed by atoms with Gasteiger partial charge in [0, 0.05) is 29.0 Å². The van der Waals surface area contributed by atoms with Gasteiger partial charge in [-0.15, -0.1) is 0 Å². The van der Waals surface area contributed by atoms with Gasteiger partial charge in [-0.05, 0) is 71.6 Å². The van der Waals surface area contributed by atoms with Gasteiger partial charge in [-0.1, -0.05) is 12.1 Å². The number of likely N-dealkylation sites (tertiary alicyclic amines) is 1. The maximum absolute atomic E-state index is 5.25. The number of aromatic nitrogens is 1. The van der Waals surface area contributed by atoms with Crippen LogP contribution in [0.5, 0.6) is 5.75 Å². The number of nitrogens with zero attached hydrogens (tertiary/aromatic N) is 2. The largest absolute Gasteiger partial charge is 0.497 e. The fourth-order valence-electron chi connectivity index (χ4n) is 3.30. The quantitative estimate of drug-likeness (QED) is 0.786. The van der Waals surface area contributed by atoms with Crippen LogP contribution in [0.2, 0.25) is 0 Å². The zero-order valence-electron chi connectivity index (χ0n) is 13.0. The monoisotopic (exact) mass is 360 g/mol. The van der Waals surface area contributed by atoms with Gasteiger partial charge in [-0.25, -0.2) is 0 Å². The Bertz CT molecular complexity index is 629. The number of hydrogen-bond acceptors (Lipinski definition) is 3. The van der Waals surface area contributed by atoms with E-state index < -0.39 is 0 Å². The van der Waals surface area contributed by atoms with E-state index in [4.69, 9.17) is 4.74 Å². The van der Waals surface area contributed by atoms with E-state index in [0.29, 0.717) is 12.1 Å². The molecule has 1 fully saturated rings. The van der Waals surface area contributed by atoms with Crippen molar-refractivity contribution in [1.29, 1.82) is 0 Å². The molecule has 4 heteroatoms. The molecule has 22 heavy (non-hydrogen) atoms. The van der Waals surface area contributed by atoms with Gasteiger partial charge in [0.2, 0.25) is 0 Å². The average molecular weight is 361 g/mol. The van der Waals surface area contributed by atoms with Crippen LogP contribution in [0.3, 0.4) is 0 Å². The van der Waals surface area contributed by atoms with Crippen LogP contribution in [0, 0.1) is 0 Å². The Hall–Kier alpha value is -1.39. The Kier molecular flexibility index (Phi) is 4.79. The molecule has 1 aliphatic rings. The zero-order chi connectivity index (χ0) is 15.5. The van der Waals surface area contributed by atoms with Crippen LogP contribution in [0.15, 0.2) is 47.2 Å². The first kappa shape index (κ1) is 15.5. The fraction of sp³-hybridized carbons (Fsp3) is 0.389. The van der Waals surface area contributed by atoms with Crippen molar-refractivity contribution in [2.45, 2.75) is 31.8 Å². The molecule has 1 unspecified atom stereocenters. The van der Waals surface area contributed by atoms with Crippen molar-refractivity contribution in [3.8, 4) is 5.75 Å². The van der Waals surface area contributed by atoms with Gasteiger partial charge in [0.15, 0.2) is 0 Å². The third-order valence-corrected chi connectivity index (χ3v) is 4.93. The first-order valence-corrected chi connectivity index (χ1v) is 8.48. The van der Waals surface area contributed by atoms with Crippen LogP contribution < -0.4 is 4.74 Å². The fourth-order valence-corrected chi connectivity index (χ4v) is 3.68. The molecule has 2 aromatic rings. The SMILES string of the molecule is COc1ccc(C(C)N2CCC[C@H]2c2cncc(Br)c2)cc1. The highest BCUT2D eigenvalue weighted by Crippen LogP contribution is 2.38. The summed E-state index contributed by atoms with van der Waals surface area (Å²) in [5, 5.41) is 0. The molecule has 0 aliphatic carbocycles. The summed E-state index contributed by atoms with van der Waals surface area (Å²) in [4.78, 5) is 6.90. The lowest BCUT2D eigenvalue weighted by molar-refractivity contribution is 0.193. The van der Waals surface area contributed by atoms with Gasteiger partial charge >= 0.3 is 0 Å². The summed E-state index contributed by atoms with van der Waals surface area (Å²) in [6.07, 6.45) is 6.26. The molecule has 1 aromatic carbocycles. The smallest absolute Gasteiger partial charge is 0.118 e. The van der Waals surface area contributed by atoms with Crippen molar-refractivity contribution in [3.05, 3.63) is 58.3 Å². The van der Waals surface area contributed by atoms with E-state index in [1.807, 2.05) is 24.5 Å². The molecular formula is C18H21BrN2O. The highest BCUT2D eigenvalue weighted by atomic mass is 79.9. The Labute approximate surface area is 140 Å². The Morgan fingerprint density at radius 1 is 1.27 bits per heavy atom. The molecular weight excluding hydrogens is 340 g/mol. The first-order chi connectivity index (χ1) is 10.7. The number of ether oxygens (including phenoxy) is 1. The van der Waals surface area contributed by atoms with Crippen molar-refractivity contribution in [2.75, 3.05) is 13.7 Å². The Balaban J connectivity index is 1.82. The topological polar surface area (TPSA) is 25.4 Å². The van der Waals surface area contributed by atoms with E-state index in [1.165, 1.54) is 24.0 Å². The molecule has 116 valence electrons. The second-order valence-corrected chi connectivity index (χ2v) is 6.70. The van der Waals surface area contributed by atoms with Gasteiger partial charge in [0.05, 0.1) is 7.11 Å². The maximum atomic E-state index is 5.25. The number of benzene rings is 1. The molecule has 1 aliphatic heterocycles. The molecule has 0 amide bonds. The summed E-state index contributed by atoms with van der Waals surface area (Å²) in [6, 6.07) is 11.4. The van der Waals surface area contributed by atoms with Gasteiger partial charge < -0.3 is 4.74 Å². The van der Waals surface area contributed by atoms with E-state index in [-0.39, 0.29) is 0 Å². The molecule has 0 saturated carbocycles. The Morgan fingerprint density at radius 2 is 2.05 bits per heavy atom. The minimum Gasteiger partial charge on any atom is -0.497 e. The molecule has 0 spiro atoms. The predicted molar refractivity (Wildman–Crippen MR) is 92.0 cm³/mol. The molecule has 2 heterocycles. The second kappa shape index (κ2) is 6.80. The molecule has 0 bridgehead atoms. The van der Waals surface area contributed by atoms with Crippen molar-refractivity contribution < 1.29 is 4.74 Å². The maximum Gasteiger partial charge on any atom is 0.118 e. The minimum atomic E-state index is 0.386. The molecule has 3 nitrogen and oxygen atoms in total. The van der Waals surface area contributed by atoms with Gasteiger partial charge in [0.1, 0.15) is 5.75 Å². The lowest BCUT2D eigenvalue weighted by Crippen LogP contribution is -2.26. The van der Waals surface area contributed by atoms with Crippen LogP contribution in [-0.4, -0.2) is 23.5 Å². The lowest BCUT2D eigenvalue weighted by Gasteiger charge is -2.31. The van der Waals surface area contributed by atoms with Gasteiger partial charge in [0.25, 0.3) is 0 Å². The third-order valence-electron chi connectivity index (χ3n) is 4.50. The van der Waals surface area contributed by atoms with Crippen molar-refractivity contribution >= 4 is 15.9 Å². The van der Waals surface area contributed by atoms with Crippen LogP contribution in [-0.2, 0) is 0 Å². The standard InChI is InChI=1S/C18H21BrN2O/c1-13(14-5-7-17(22-2)8-6-14)21-9-3-4-18(21)15-10-16(19)12-20-11-15/h5-8,10-13,18H,3-4,9H2,1-2H3/t13?,18-/m0/s1. The molecule has 0 radical (unpaired) electrons. The number of methoxy groups -OCH3 is 1. The highest BCUT2D eigenvalue weighted by Gasteiger charge is 2.30. The van der Waals surface area contributed by atoms with E-state index in [1.54, 1.807) is 7.11 Å². The lowest BCUT2D eigenvalue weighted by atomic mass is 10.0. The van der Waals surface area contributed by atoms with E-state index >= 15 is 0 Å². The molecule has 3 rings (SSSR count). The molecule has 0 N–H and O–H groups in total. The van der Waals surface area contributed by atoms with Crippen LogP contribution in [0.25, 0.3) is 0 Å². The minimum absolute atomic E-state index is 0.386. The van der Waals surface area contributed by atoms with E-state index in [0.717, 1.165) is 16.8 Å². The summed E-state index contributed by atoms with van der Waals surface area (Å²) in [5.41, 5.74) is 2.63. The Morgan fingerprint density at radius 3 is 2.73 bits per heavy atom. The highest BCUT2D eigenvalue weighted by molar-refractivity contribution is 9.10. The average Bonchev–Trinajstić information content (AvgIpc) is 3.04. The molecule has 2 atom stereocenters. The predicted octanol–water partition coefficient (Wildman–Crippen LogP) is 4.75. The summed E-state index contributed by atoms with van der Waals surface area (Å²) in [7, 11) is 1.70. The van der Waals surface area contributed by atoms with Crippen molar-refractivity contribution in [2.24, 2.45) is 0 Å². The number of halogens is 1. The summed E-state index contributed by atoms with van der Waals surface area (Å²) in [5.74, 6) is 0.908. The first-order valence-electron chi connectivity index (χ1n) is 7.69. The normalized spacial score (nSPS) is 20.0. The summed E-state index contributed by atoms with van der Waals surface area (Å²) in [6.45, 7) is 3.41. The molecule has 1 aromatic heterocycles. The van der Waals surface area contributed by atoms with Crippen molar-refractivity contribution in [3.63, 3.8) is 0 Å². The second-order valence-electron chi connectivity index (χ2n) is 5.78. The summed E-state index contributed by atoms with van der Waals surface area (Å²) < 4.78 is 6.30. The van der Waals surface area contributed by atoms with Crippen molar-refractivity contribution in [1.82, 2.24) is 9.88 Å². The van der Waals surface area contributed by atoms with Gasteiger partial charge in [-0.3, -0.25) is 9.88 Å². The number of rotatable bonds is 4. The number of pyridine rings is 1. The molecule has 1 saturated heterocycles. The van der Waals surface area contributed by atoms with E-state index in [2.05, 4.69) is 50.9 Å². The zero-order valence-corrected chi connectivity index (χ0v) is 14.6. The summed E-state index contributed by atoms with van der Waals surface area (Å²) >= 11 is 3.53. The van der Waals surface area contributed by atoms with Gasteiger partial charge in [-0.2, -0.15) is 0 Å². The van der Waals surface area contributed by atoms with Crippen LogP contribution >= 0.6 is 15.9 Å². The number of hydrogen-bond donors (Lipinski definition) is 0.